The van der Waals surface area contributed by atoms with Crippen molar-refractivity contribution in [2.24, 2.45) is 23.7 Å². The molecule has 0 radical (unpaired) electrons. The molecule has 2 bridgehead atoms. The fourth-order valence-corrected chi connectivity index (χ4v) is 6.67. The van der Waals surface area contributed by atoms with Crippen molar-refractivity contribution in [1.29, 1.82) is 0 Å². The summed E-state index contributed by atoms with van der Waals surface area (Å²) in [4.78, 5) is 54.3. The van der Waals surface area contributed by atoms with Crippen molar-refractivity contribution in [2.45, 2.75) is 58.4 Å². The molecule has 0 aromatic heterocycles. The molecule has 1 aliphatic heterocycles. The van der Waals surface area contributed by atoms with E-state index in [0.717, 1.165) is 59.4 Å². The molecule has 7 heteroatoms. The summed E-state index contributed by atoms with van der Waals surface area (Å²) in [6.07, 6.45) is 4.52. The summed E-state index contributed by atoms with van der Waals surface area (Å²) in [5.74, 6) is -1.88. The van der Waals surface area contributed by atoms with Crippen LogP contribution >= 0.6 is 0 Å². The van der Waals surface area contributed by atoms with Crippen molar-refractivity contribution in [1.82, 2.24) is 4.90 Å². The fourth-order valence-electron chi connectivity index (χ4n) is 6.67. The summed E-state index contributed by atoms with van der Waals surface area (Å²) in [7, 11) is 0. The number of ether oxygens (including phenoxy) is 1. The number of aryl methyl sites for hydroxylation is 2. The van der Waals surface area contributed by atoms with Crippen molar-refractivity contribution >= 4 is 29.4 Å². The number of amides is 3. The average Bonchev–Trinajstić information content (AvgIpc) is 3.60. The Bertz CT molecular complexity index is 1160. The number of anilines is 1. The number of carbonyl (C=O) groups is 4. The number of para-hydroxylation sites is 1. The third-order valence-electron chi connectivity index (χ3n) is 8.43. The lowest BCUT2D eigenvalue weighted by Crippen LogP contribution is -2.48. The van der Waals surface area contributed by atoms with Crippen molar-refractivity contribution in [2.75, 3.05) is 11.9 Å². The van der Waals surface area contributed by atoms with E-state index in [9.17, 15) is 19.2 Å². The van der Waals surface area contributed by atoms with E-state index in [2.05, 4.69) is 5.32 Å². The van der Waals surface area contributed by atoms with Gasteiger partial charge in [-0.3, -0.25) is 19.3 Å². The monoisotopic (exact) mass is 502 g/mol. The van der Waals surface area contributed by atoms with Crippen molar-refractivity contribution in [3.05, 3.63) is 65.2 Å². The van der Waals surface area contributed by atoms with E-state index in [-0.39, 0.29) is 41.9 Å². The zero-order valence-corrected chi connectivity index (χ0v) is 21.4. The fraction of sp³-hybridized carbons (Fsp3) is 0.467. The Labute approximate surface area is 217 Å². The van der Waals surface area contributed by atoms with Gasteiger partial charge >= 0.3 is 5.97 Å². The molecule has 194 valence electrons. The maximum Gasteiger partial charge on any atom is 0.330 e. The Morgan fingerprint density at radius 3 is 2.08 bits per heavy atom. The van der Waals surface area contributed by atoms with Crippen LogP contribution in [0.2, 0.25) is 0 Å². The number of esters is 1. The molecule has 5 rings (SSSR count). The average molecular weight is 503 g/mol. The molecule has 2 aromatic rings. The van der Waals surface area contributed by atoms with Crippen LogP contribution in [0.3, 0.4) is 0 Å². The van der Waals surface area contributed by atoms with Gasteiger partial charge in [0, 0.05) is 12.1 Å². The summed E-state index contributed by atoms with van der Waals surface area (Å²) in [5.41, 5.74) is 3.59. The number of hydrogen-bond donors (Lipinski definition) is 1. The van der Waals surface area contributed by atoms with Gasteiger partial charge < -0.3 is 10.1 Å². The van der Waals surface area contributed by atoms with Crippen LogP contribution in [-0.2, 0) is 43.2 Å². The Kier molecular flexibility index (Phi) is 7.13. The smallest absolute Gasteiger partial charge is 0.330 e. The maximum atomic E-state index is 13.5. The number of nitrogens with zero attached hydrogens (tertiary/aromatic N) is 1. The Balaban J connectivity index is 1.32. The second-order valence-corrected chi connectivity index (χ2v) is 10.5. The molecule has 7 nitrogen and oxygen atoms in total. The highest BCUT2D eigenvalue weighted by Crippen LogP contribution is 2.56. The molecular weight excluding hydrogens is 468 g/mol. The summed E-state index contributed by atoms with van der Waals surface area (Å²) in [6, 6.07) is 14.1. The number of hydrogen-bond acceptors (Lipinski definition) is 5. The first kappa shape index (κ1) is 25.2. The molecule has 1 heterocycles. The lowest BCUT2D eigenvalue weighted by Gasteiger charge is -2.26. The minimum atomic E-state index is -1.09. The quantitative estimate of drug-likeness (QED) is 0.414. The highest BCUT2D eigenvalue weighted by atomic mass is 16.5. The number of rotatable bonds is 9. The van der Waals surface area contributed by atoms with E-state index in [4.69, 9.17) is 4.74 Å². The molecule has 0 unspecified atom stereocenters. The van der Waals surface area contributed by atoms with E-state index in [0.29, 0.717) is 0 Å². The van der Waals surface area contributed by atoms with Gasteiger partial charge in [-0.05, 0) is 60.6 Å². The summed E-state index contributed by atoms with van der Waals surface area (Å²) in [6.45, 7) is 3.55. The van der Waals surface area contributed by atoms with E-state index in [1.807, 2.05) is 62.4 Å². The Morgan fingerprint density at radius 1 is 0.919 bits per heavy atom. The van der Waals surface area contributed by atoms with Crippen LogP contribution in [0, 0.1) is 23.7 Å². The number of fused-ring (bicyclic) bond motifs is 5. The van der Waals surface area contributed by atoms with Crippen LogP contribution in [0.15, 0.2) is 48.5 Å². The van der Waals surface area contributed by atoms with Crippen molar-refractivity contribution in [3.63, 3.8) is 0 Å². The molecular formula is C30H34N2O5. The van der Waals surface area contributed by atoms with Crippen molar-refractivity contribution < 1.29 is 23.9 Å². The minimum Gasteiger partial charge on any atom is -0.454 e. The molecule has 3 amide bonds. The zero-order valence-electron chi connectivity index (χ0n) is 21.4. The second kappa shape index (κ2) is 10.5. The number of carbonyl (C=O) groups excluding carboxylic acids is 4. The molecule has 2 aliphatic carbocycles. The van der Waals surface area contributed by atoms with Gasteiger partial charge in [0.25, 0.3) is 5.91 Å². The molecule has 0 spiro atoms. The van der Waals surface area contributed by atoms with Crippen LogP contribution in [0.25, 0.3) is 0 Å². The number of likely N-dealkylation sites (tertiary alicyclic amines) is 1. The lowest BCUT2D eigenvalue weighted by atomic mass is 9.81. The third-order valence-corrected chi connectivity index (χ3v) is 8.43. The first-order chi connectivity index (χ1) is 17.9. The van der Waals surface area contributed by atoms with Gasteiger partial charge in [0.1, 0.15) is 6.04 Å². The van der Waals surface area contributed by atoms with Crippen LogP contribution in [0.5, 0.6) is 0 Å². The van der Waals surface area contributed by atoms with Gasteiger partial charge in [-0.15, -0.1) is 0 Å². The van der Waals surface area contributed by atoms with Crippen LogP contribution in [0.4, 0.5) is 5.69 Å². The molecule has 3 fully saturated rings. The highest BCUT2D eigenvalue weighted by Gasteiger charge is 2.62. The first-order valence-corrected chi connectivity index (χ1v) is 13.4. The van der Waals surface area contributed by atoms with Gasteiger partial charge in [-0.2, -0.15) is 0 Å². The summed E-state index contributed by atoms with van der Waals surface area (Å²) < 4.78 is 5.46. The standard InChI is InChI=1S/C30H34N2O5/c1-3-19-11-8-12-20(4-2)27(19)31-24(33)17-37-30(36)23(15-18-9-6-5-7-10-18)32-28(34)25-21-13-14-22(16-21)26(25)29(32)35/h5-12,21-23,25-26H,3-4,13-17H2,1-2H3,(H,31,33)/t21-,22-,23-,25-,26-/m0/s1. The normalized spacial score (nSPS) is 24.8. The number of nitrogens with one attached hydrogen (secondary N) is 1. The van der Waals surface area contributed by atoms with E-state index in [1.165, 1.54) is 0 Å². The third kappa shape index (κ3) is 4.67. The van der Waals surface area contributed by atoms with Gasteiger partial charge in [-0.25, -0.2) is 4.79 Å². The van der Waals surface area contributed by atoms with Gasteiger partial charge in [0.15, 0.2) is 6.61 Å². The van der Waals surface area contributed by atoms with E-state index >= 15 is 0 Å². The topological polar surface area (TPSA) is 92.8 Å². The number of benzene rings is 2. The first-order valence-electron chi connectivity index (χ1n) is 13.4. The SMILES string of the molecule is CCc1cccc(CC)c1NC(=O)COC(=O)[C@H](Cc1ccccc1)N1C(=O)[C@H]2[C@H]3CC[C@@H](C3)[C@@H]2C1=O. The molecule has 2 aromatic carbocycles. The lowest BCUT2D eigenvalue weighted by molar-refractivity contribution is -0.160. The predicted octanol–water partition coefficient (Wildman–Crippen LogP) is 3.94. The molecule has 3 aliphatic rings. The summed E-state index contributed by atoms with van der Waals surface area (Å²) >= 11 is 0. The highest BCUT2D eigenvalue weighted by molar-refractivity contribution is 6.08. The van der Waals surface area contributed by atoms with Crippen LogP contribution in [-0.4, -0.2) is 41.2 Å². The van der Waals surface area contributed by atoms with Crippen LogP contribution < -0.4 is 5.32 Å². The second-order valence-electron chi connectivity index (χ2n) is 10.5. The Morgan fingerprint density at radius 2 is 1.51 bits per heavy atom. The predicted molar refractivity (Wildman–Crippen MR) is 138 cm³/mol. The van der Waals surface area contributed by atoms with Gasteiger partial charge in [-0.1, -0.05) is 62.4 Å². The number of imide groups is 1. The largest absolute Gasteiger partial charge is 0.454 e. The van der Waals surface area contributed by atoms with E-state index < -0.39 is 24.5 Å². The van der Waals surface area contributed by atoms with Crippen LogP contribution in [0.1, 0.15) is 49.8 Å². The molecule has 37 heavy (non-hydrogen) atoms. The Hall–Kier alpha value is -3.48. The maximum absolute atomic E-state index is 13.5. The zero-order chi connectivity index (χ0) is 26.1. The molecule has 1 N–H and O–H groups in total. The summed E-state index contributed by atoms with van der Waals surface area (Å²) in [5, 5.41) is 2.90. The molecule has 1 saturated heterocycles. The van der Waals surface area contributed by atoms with Crippen molar-refractivity contribution in [3.8, 4) is 0 Å². The van der Waals surface area contributed by atoms with Gasteiger partial charge in [0.2, 0.25) is 11.8 Å². The van der Waals surface area contributed by atoms with Gasteiger partial charge in [0.05, 0.1) is 11.8 Å². The molecule has 2 saturated carbocycles. The molecule has 5 atom stereocenters. The minimum absolute atomic E-state index is 0.159. The van der Waals surface area contributed by atoms with E-state index in [1.54, 1.807) is 0 Å².